The minimum absolute atomic E-state index is 0.0927. The molecular formula is C10H18N4O6. The molecule has 0 heterocycles. The predicted octanol–water partition coefficient (Wildman–Crippen LogP) is -1.59. The summed E-state index contributed by atoms with van der Waals surface area (Å²) in [7, 11) is 0. The Kier molecular flexibility index (Phi) is 8.43. The van der Waals surface area contributed by atoms with Gasteiger partial charge in [0.15, 0.2) is 5.96 Å². The third-order valence-corrected chi connectivity index (χ3v) is 2.10. The zero-order chi connectivity index (χ0) is 15.5. The summed E-state index contributed by atoms with van der Waals surface area (Å²) in [4.78, 5) is 40.3. The Balaban J connectivity index is 4.02. The van der Waals surface area contributed by atoms with Crippen molar-refractivity contribution in [3.63, 3.8) is 0 Å². The molecule has 0 rings (SSSR count). The highest BCUT2D eigenvalue weighted by atomic mass is 16.7. The number of nitrogens with zero attached hydrogens (tertiary/aromatic N) is 1. The number of carbonyl (C=O) groups excluding carboxylic acids is 1. The number of carboxylic acid groups (broad SMARTS) is 2. The van der Waals surface area contributed by atoms with Gasteiger partial charge in [-0.2, -0.15) is 0 Å². The number of hydrogen-bond acceptors (Lipinski definition) is 6. The zero-order valence-corrected chi connectivity index (χ0v) is 10.7. The summed E-state index contributed by atoms with van der Waals surface area (Å²) in [6.07, 6.45) is -0.224. The molecule has 0 fully saturated rings. The predicted molar refractivity (Wildman–Crippen MR) is 67.4 cm³/mol. The molecule has 0 aliphatic heterocycles. The molecule has 0 unspecified atom stereocenters. The number of hydrogen-bond donors (Lipinski definition) is 5. The van der Waals surface area contributed by atoms with Gasteiger partial charge in [-0.25, -0.2) is 0 Å². The number of nitrogens with one attached hydrogen (secondary N) is 1. The molecular weight excluding hydrogens is 272 g/mol. The van der Waals surface area contributed by atoms with Crippen LogP contribution in [0.4, 0.5) is 0 Å². The topological polar surface area (TPSA) is 177 Å². The van der Waals surface area contributed by atoms with Crippen molar-refractivity contribution in [2.45, 2.75) is 31.7 Å². The van der Waals surface area contributed by atoms with Crippen LogP contribution in [0.3, 0.4) is 0 Å². The molecule has 10 heteroatoms. The number of aliphatic imine (C=N–C) groups is 1. The molecule has 0 aromatic carbocycles. The lowest BCUT2D eigenvalue weighted by Crippen LogP contribution is -2.38. The molecule has 1 atom stereocenters. The molecule has 10 nitrogen and oxygen atoms in total. The van der Waals surface area contributed by atoms with Gasteiger partial charge < -0.3 is 26.5 Å². The smallest absolute Gasteiger partial charge is 0.325 e. The van der Waals surface area contributed by atoms with Gasteiger partial charge in [0.25, 0.3) is 0 Å². The Labute approximate surface area is 114 Å². The van der Waals surface area contributed by atoms with E-state index < -0.39 is 23.9 Å². The largest absolute Gasteiger partial charge is 0.481 e. The molecule has 0 aliphatic carbocycles. The monoisotopic (exact) mass is 290 g/mol. The Morgan fingerprint density at radius 1 is 1.20 bits per heavy atom. The van der Waals surface area contributed by atoms with Gasteiger partial charge in [0, 0.05) is 6.54 Å². The van der Waals surface area contributed by atoms with Crippen molar-refractivity contribution in [3.05, 3.63) is 0 Å². The maximum absolute atomic E-state index is 11.1. The number of carbonyl (C=O) groups is 3. The maximum atomic E-state index is 11.1. The van der Waals surface area contributed by atoms with E-state index in [4.69, 9.17) is 21.7 Å². The average molecular weight is 290 g/mol. The van der Waals surface area contributed by atoms with Crippen LogP contribution in [0.1, 0.15) is 25.7 Å². The summed E-state index contributed by atoms with van der Waals surface area (Å²) in [6, 6.07) is -1.11. The quantitative estimate of drug-likeness (QED) is 0.137. The molecule has 0 aromatic heterocycles. The first-order valence-corrected chi connectivity index (χ1v) is 5.78. The molecule has 114 valence electrons. The normalized spacial score (nSPS) is 11.4. The minimum Gasteiger partial charge on any atom is -0.481 e. The standard InChI is InChI=1S/C10H18N4O6/c11-10(12)13-5-1-2-6(9(18)19)14-20-8(17)4-3-7(15)16/h6,14H,1-5H2,(H,15,16)(H,18,19)(H4,11,12,13)/t6-/m0/s1. The van der Waals surface area contributed by atoms with E-state index in [9.17, 15) is 14.4 Å². The third-order valence-electron chi connectivity index (χ3n) is 2.10. The van der Waals surface area contributed by atoms with Crippen LogP contribution < -0.4 is 16.9 Å². The Morgan fingerprint density at radius 3 is 2.35 bits per heavy atom. The first-order valence-electron chi connectivity index (χ1n) is 5.78. The van der Waals surface area contributed by atoms with Gasteiger partial charge in [-0.15, -0.1) is 5.48 Å². The molecule has 0 spiro atoms. The molecule has 0 saturated heterocycles. The molecule has 0 saturated carbocycles. The highest BCUT2D eigenvalue weighted by Crippen LogP contribution is 2.00. The van der Waals surface area contributed by atoms with Crippen LogP contribution >= 0.6 is 0 Å². The first kappa shape index (κ1) is 17.6. The number of rotatable bonds is 10. The van der Waals surface area contributed by atoms with E-state index in [0.717, 1.165) is 0 Å². The summed E-state index contributed by atoms with van der Waals surface area (Å²) in [5.74, 6) is -3.29. The summed E-state index contributed by atoms with van der Waals surface area (Å²) in [5, 5.41) is 17.2. The van der Waals surface area contributed by atoms with Crippen LogP contribution in [0, 0.1) is 0 Å². The van der Waals surface area contributed by atoms with Gasteiger partial charge >= 0.3 is 17.9 Å². The van der Waals surface area contributed by atoms with E-state index in [1.54, 1.807) is 0 Å². The van der Waals surface area contributed by atoms with Crippen molar-refractivity contribution in [3.8, 4) is 0 Å². The second kappa shape index (κ2) is 9.55. The second-order valence-corrected chi connectivity index (χ2v) is 3.83. The molecule has 0 aromatic rings. The summed E-state index contributed by atoms with van der Waals surface area (Å²) >= 11 is 0. The van der Waals surface area contributed by atoms with Gasteiger partial charge in [0.05, 0.1) is 12.8 Å². The molecule has 0 amide bonds. The number of carboxylic acids is 2. The number of guanidine groups is 1. The van der Waals surface area contributed by atoms with Crippen molar-refractivity contribution >= 4 is 23.9 Å². The van der Waals surface area contributed by atoms with E-state index in [0.29, 0.717) is 6.42 Å². The van der Waals surface area contributed by atoms with Gasteiger partial charge in [0.1, 0.15) is 6.04 Å². The fourth-order valence-corrected chi connectivity index (χ4v) is 1.13. The lowest BCUT2D eigenvalue weighted by atomic mass is 10.2. The van der Waals surface area contributed by atoms with Crippen molar-refractivity contribution in [1.29, 1.82) is 0 Å². The summed E-state index contributed by atoms with van der Waals surface area (Å²) in [6.45, 7) is 0.251. The highest BCUT2D eigenvalue weighted by Gasteiger charge is 2.19. The Bertz CT molecular complexity index is 380. The molecule has 7 N–H and O–H groups in total. The van der Waals surface area contributed by atoms with E-state index in [-0.39, 0.29) is 31.8 Å². The lowest BCUT2D eigenvalue weighted by molar-refractivity contribution is -0.159. The average Bonchev–Trinajstić information content (AvgIpc) is 2.34. The maximum Gasteiger partial charge on any atom is 0.325 e. The minimum atomic E-state index is -1.21. The Hall–Kier alpha value is -2.36. The van der Waals surface area contributed by atoms with Crippen LogP contribution in [0.2, 0.25) is 0 Å². The molecule has 0 radical (unpaired) electrons. The molecule has 0 bridgehead atoms. The van der Waals surface area contributed by atoms with Gasteiger partial charge in [0.2, 0.25) is 0 Å². The highest BCUT2D eigenvalue weighted by molar-refractivity contribution is 5.77. The van der Waals surface area contributed by atoms with Crippen LogP contribution in [-0.2, 0) is 19.2 Å². The zero-order valence-electron chi connectivity index (χ0n) is 10.7. The first-order chi connectivity index (χ1) is 9.32. The van der Waals surface area contributed by atoms with E-state index in [1.807, 2.05) is 0 Å². The number of hydroxylamine groups is 1. The third kappa shape index (κ3) is 9.65. The van der Waals surface area contributed by atoms with Crippen LogP contribution in [0.15, 0.2) is 4.99 Å². The SMILES string of the molecule is NC(N)=NCCC[C@H](NOC(=O)CCC(=O)O)C(=O)O. The van der Waals surface area contributed by atoms with E-state index in [2.05, 4.69) is 15.3 Å². The second-order valence-electron chi connectivity index (χ2n) is 3.83. The number of nitrogens with two attached hydrogens (primary N) is 2. The van der Waals surface area contributed by atoms with Crippen LogP contribution in [0.5, 0.6) is 0 Å². The summed E-state index contributed by atoms with van der Waals surface area (Å²) < 4.78 is 0. The molecule has 20 heavy (non-hydrogen) atoms. The molecule has 0 aliphatic rings. The van der Waals surface area contributed by atoms with Crippen molar-refractivity contribution < 1.29 is 29.4 Å². The van der Waals surface area contributed by atoms with Gasteiger partial charge in [-0.3, -0.25) is 19.4 Å². The Morgan fingerprint density at radius 2 is 1.85 bits per heavy atom. The lowest BCUT2D eigenvalue weighted by Gasteiger charge is -2.13. The van der Waals surface area contributed by atoms with Gasteiger partial charge in [-0.1, -0.05) is 0 Å². The van der Waals surface area contributed by atoms with E-state index >= 15 is 0 Å². The summed E-state index contributed by atoms with van der Waals surface area (Å²) in [5.41, 5.74) is 12.3. The van der Waals surface area contributed by atoms with Gasteiger partial charge in [-0.05, 0) is 12.8 Å². The van der Waals surface area contributed by atoms with Crippen molar-refractivity contribution in [1.82, 2.24) is 5.48 Å². The van der Waals surface area contributed by atoms with Crippen molar-refractivity contribution in [2.75, 3.05) is 6.54 Å². The van der Waals surface area contributed by atoms with E-state index in [1.165, 1.54) is 0 Å². The number of aliphatic carboxylic acids is 2. The fourth-order valence-electron chi connectivity index (χ4n) is 1.13. The van der Waals surface area contributed by atoms with Crippen LogP contribution in [-0.4, -0.2) is 46.7 Å². The fraction of sp³-hybridized carbons (Fsp3) is 0.600. The van der Waals surface area contributed by atoms with Crippen LogP contribution in [0.25, 0.3) is 0 Å². The van der Waals surface area contributed by atoms with Crippen molar-refractivity contribution in [2.24, 2.45) is 16.5 Å².